The summed E-state index contributed by atoms with van der Waals surface area (Å²) >= 11 is 0. The Balaban J connectivity index is 2.24. The summed E-state index contributed by atoms with van der Waals surface area (Å²) in [5.74, 6) is -1.91. The van der Waals surface area contributed by atoms with Gasteiger partial charge >= 0.3 is 12.1 Å². The summed E-state index contributed by atoms with van der Waals surface area (Å²) < 4.78 is 25.7. The van der Waals surface area contributed by atoms with E-state index in [1.807, 2.05) is 0 Å². The second-order valence-corrected chi connectivity index (χ2v) is 9.76. The summed E-state index contributed by atoms with van der Waals surface area (Å²) in [5, 5.41) is 0. The number of hydrogen-bond donors (Lipinski definition) is 0. The van der Waals surface area contributed by atoms with Crippen molar-refractivity contribution in [2.45, 2.75) is 65.6 Å². The summed E-state index contributed by atoms with van der Waals surface area (Å²) in [7, 11) is 0. The first kappa shape index (κ1) is 23.8. The number of benzene rings is 1. The third-order valence-electron chi connectivity index (χ3n) is 4.83. The van der Waals surface area contributed by atoms with Crippen molar-refractivity contribution in [3.63, 3.8) is 0 Å². The van der Waals surface area contributed by atoms with Crippen LogP contribution in [0.5, 0.6) is 0 Å². The Labute approximate surface area is 177 Å². The topological polar surface area (TPSA) is 72.9 Å². The second kappa shape index (κ2) is 9.14. The molecule has 1 aliphatic heterocycles. The molecule has 166 valence electrons. The van der Waals surface area contributed by atoms with E-state index in [0.717, 1.165) is 0 Å². The van der Waals surface area contributed by atoms with Crippen LogP contribution in [0.1, 0.15) is 63.9 Å². The van der Waals surface area contributed by atoms with E-state index < -0.39 is 35.0 Å². The third kappa shape index (κ3) is 6.54. The zero-order chi connectivity index (χ0) is 22.7. The van der Waals surface area contributed by atoms with Crippen LogP contribution in [0.3, 0.4) is 0 Å². The molecule has 0 aromatic heterocycles. The molecule has 7 heteroatoms. The minimum Gasteiger partial charge on any atom is -0.460 e. The van der Waals surface area contributed by atoms with Gasteiger partial charge < -0.3 is 14.4 Å². The van der Waals surface area contributed by atoms with Gasteiger partial charge in [0.2, 0.25) is 0 Å². The molecule has 2 atom stereocenters. The molecule has 30 heavy (non-hydrogen) atoms. The van der Waals surface area contributed by atoms with Crippen molar-refractivity contribution in [2.75, 3.05) is 13.1 Å². The Kier molecular flexibility index (Phi) is 7.27. The number of amides is 1. The Bertz CT molecular complexity index is 794. The van der Waals surface area contributed by atoms with E-state index in [2.05, 4.69) is 0 Å². The van der Waals surface area contributed by atoms with Crippen LogP contribution >= 0.6 is 0 Å². The average molecular weight is 422 g/mol. The van der Waals surface area contributed by atoms with Crippen molar-refractivity contribution in [1.29, 1.82) is 0 Å². The molecule has 1 aromatic carbocycles. The highest BCUT2D eigenvalue weighted by Crippen LogP contribution is 2.31. The molecule has 1 aliphatic rings. The number of carbonyl (C=O) groups is 3. The van der Waals surface area contributed by atoms with E-state index in [4.69, 9.17) is 9.47 Å². The fourth-order valence-electron chi connectivity index (χ4n) is 3.51. The summed E-state index contributed by atoms with van der Waals surface area (Å²) in [6.45, 7) is 11.5. The highest BCUT2D eigenvalue weighted by atomic mass is 19.1. The maximum atomic E-state index is 14.6. The molecule has 1 heterocycles. The molecular formula is C23H32FNO5. The Morgan fingerprint density at radius 1 is 1.17 bits per heavy atom. The third-order valence-corrected chi connectivity index (χ3v) is 4.83. The van der Waals surface area contributed by atoms with Gasteiger partial charge in [-0.3, -0.25) is 9.59 Å². The van der Waals surface area contributed by atoms with Gasteiger partial charge in [0, 0.05) is 13.1 Å². The van der Waals surface area contributed by atoms with Crippen LogP contribution in [0, 0.1) is 17.7 Å². The molecule has 6 nitrogen and oxygen atoms in total. The van der Waals surface area contributed by atoms with Crippen molar-refractivity contribution in [3.8, 4) is 0 Å². The number of likely N-dealkylation sites (tertiary alicyclic amines) is 1. The first-order valence-corrected chi connectivity index (χ1v) is 10.2. The molecule has 1 fully saturated rings. The largest absolute Gasteiger partial charge is 0.460 e. The number of halogens is 1. The van der Waals surface area contributed by atoms with Gasteiger partial charge in [0.1, 0.15) is 17.0 Å². The van der Waals surface area contributed by atoms with E-state index >= 15 is 0 Å². The molecule has 0 bridgehead atoms. The quantitative estimate of drug-likeness (QED) is 0.521. The van der Waals surface area contributed by atoms with Crippen LogP contribution < -0.4 is 0 Å². The number of hydrogen-bond acceptors (Lipinski definition) is 5. The van der Waals surface area contributed by atoms with E-state index in [9.17, 15) is 18.8 Å². The van der Waals surface area contributed by atoms with Crippen molar-refractivity contribution in [1.82, 2.24) is 4.90 Å². The van der Waals surface area contributed by atoms with Gasteiger partial charge in [-0.2, -0.15) is 0 Å². The van der Waals surface area contributed by atoms with Crippen LogP contribution in [0.25, 0.3) is 0 Å². The molecule has 0 unspecified atom stereocenters. The minimum atomic E-state index is -0.692. The molecule has 1 saturated heterocycles. The summed E-state index contributed by atoms with van der Waals surface area (Å²) in [6, 6.07) is 4.56. The lowest BCUT2D eigenvalue weighted by molar-refractivity contribution is -0.162. The van der Waals surface area contributed by atoms with Crippen LogP contribution in [-0.4, -0.2) is 47.5 Å². The monoisotopic (exact) mass is 421 g/mol. The molecule has 2 rings (SSSR count). The summed E-state index contributed by atoms with van der Waals surface area (Å²) in [6.07, 6.45) is 0.705. The van der Waals surface area contributed by atoms with Crippen LogP contribution in [0.2, 0.25) is 0 Å². The van der Waals surface area contributed by atoms with Crippen molar-refractivity contribution >= 4 is 18.3 Å². The number of nitrogens with zero attached hydrogens (tertiary/aromatic N) is 1. The van der Waals surface area contributed by atoms with Gasteiger partial charge in [0.25, 0.3) is 0 Å². The summed E-state index contributed by atoms with van der Waals surface area (Å²) in [5.41, 5.74) is -1.07. The zero-order valence-electron chi connectivity index (χ0n) is 18.7. The lowest BCUT2D eigenvalue weighted by Crippen LogP contribution is -2.38. The molecule has 1 aromatic rings. The van der Waals surface area contributed by atoms with Crippen LogP contribution in [0.15, 0.2) is 18.2 Å². The Morgan fingerprint density at radius 2 is 1.80 bits per heavy atom. The molecule has 1 amide bonds. The van der Waals surface area contributed by atoms with Crippen molar-refractivity contribution < 1.29 is 28.2 Å². The predicted octanol–water partition coefficient (Wildman–Crippen LogP) is 4.40. The lowest BCUT2D eigenvalue weighted by Gasteiger charge is -2.28. The predicted molar refractivity (Wildman–Crippen MR) is 111 cm³/mol. The van der Waals surface area contributed by atoms with E-state index in [-0.39, 0.29) is 23.5 Å². The minimum absolute atomic E-state index is 0.0442. The average Bonchev–Trinajstić information content (AvgIpc) is 3.07. The standard InChI is InChI=1S/C23H32FNO5/c1-22(2,3)29-20(27)18(12-15-8-7-9-17(14-26)19(15)24)16-10-11-25(13-16)21(28)30-23(4,5)6/h7-9,14,16,18H,10-13H2,1-6H3/t16-,18-/m0/s1. The molecule has 0 N–H and O–H groups in total. The second-order valence-electron chi connectivity index (χ2n) is 9.76. The number of ether oxygens (including phenoxy) is 2. The highest BCUT2D eigenvalue weighted by molar-refractivity contribution is 5.76. The van der Waals surface area contributed by atoms with E-state index in [1.165, 1.54) is 6.07 Å². The van der Waals surface area contributed by atoms with Gasteiger partial charge in [-0.25, -0.2) is 9.18 Å². The molecule has 0 spiro atoms. The Morgan fingerprint density at radius 3 is 2.37 bits per heavy atom. The number of rotatable bonds is 5. The first-order valence-electron chi connectivity index (χ1n) is 10.2. The smallest absolute Gasteiger partial charge is 0.410 e. The van der Waals surface area contributed by atoms with Gasteiger partial charge in [0.05, 0.1) is 11.5 Å². The molecule has 0 aliphatic carbocycles. The SMILES string of the molecule is CC(C)(C)OC(=O)[C@@H](Cc1cccc(C=O)c1F)[C@H]1CCN(C(=O)OC(C)(C)C)C1. The van der Waals surface area contributed by atoms with Crippen LogP contribution in [0.4, 0.5) is 9.18 Å². The maximum absolute atomic E-state index is 14.6. The van der Waals surface area contributed by atoms with Crippen molar-refractivity contribution in [3.05, 3.63) is 35.1 Å². The lowest BCUT2D eigenvalue weighted by atomic mass is 9.85. The van der Waals surface area contributed by atoms with E-state index in [0.29, 0.717) is 25.8 Å². The maximum Gasteiger partial charge on any atom is 0.410 e. The number of carbonyl (C=O) groups excluding carboxylic acids is 3. The van der Waals surface area contributed by atoms with Gasteiger partial charge in [-0.15, -0.1) is 0 Å². The highest BCUT2D eigenvalue weighted by Gasteiger charge is 2.39. The normalized spacial score (nSPS) is 18.1. The number of esters is 1. The number of aldehydes is 1. The zero-order valence-corrected chi connectivity index (χ0v) is 18.7. The fourth-order valence-corrected chi connectivity index (χ4v) is 3.51. The van der Waals surface area contributed by atoms with Crippen molar-refractivity contribution in [2.24, 2.45) is 11.8 Å². The van der Waals surface area contributed by atoms with Gasteiger partial charge in [-0.1, -0.05) is 12.1 Å². The molecule has 0 saturated carbocycles. The molecule has 0 radical (unpaired) electrons. The fraction of sp³-hybridized carbons (Fsp3) is 0.609. The molecular weight excluding hydrogens is 389 g/mol. The van der Waals surface area contributed by atoms with Gasteiger partial charge in [-0.05, 0) is 71.9 Å². The van der Waals surface area contributed by atoms with Crippen LogP contribution in [-0.2, 0) is 20.7 Å². The van der Waals surface area contributed by atoms with E-state index in [1.54, 1.807) is 58.6 Å². The Hall–Kier alpha value is -2.44. The first-order chi connectivity index (χ1) is 13.8. The van der Waals surface area contributed by atoms with Gasteiger partial charge in [0.15, 0.2) is 6.29 Å². The summed E-state index contributed by atoms with van der Waals surface area (Å²) in [4.78, 5) is 38.0.